The summed E-state index contributed by atoms with van der Waals surface area (Å²) >= 11 is 2.80. The fourth-order valence-electron chi connectivity index (χ4n) is 5.84. The van der Waals surface area contributed by atoms with Crippen LogP contribution in [0.25, 0.3) is 0 Å². The third-order valence-corrected chi connectivity index (χ3v) is 10.7. The van der Waals surface area contributed by atoms with Gasteiger partial charge in [0.2, 0.25) is 0 Å². The van der Waals surface area contributed by atoms with Crippen LogP contribution >= 0.6 is 22.7 Å². The van der Waals surface area contributed by atoms with Gasteiger partial charge in [0.25, 0.3) is 11.8 Å². The number of rotatable bonds is 8. The standard InChI is InChI=1S/C31H35N3O6S2/c1-5-16-10-12-18-22(14-16)41-28(24(18)30(37)39-3)33-26(35)20-8-7-9-21(32-20)27(36)34-29-25(31(38)40-4)19-13-11-17(6-2)15-23(19)42-29/h7-9,16-17H,5-6,10-15H2,1-4H3,(H,33,35)(H,34,36). The number of hydrogen-bond acceptors (Lipinski definition) is 9. The number of methoxy groups -OCH3 is 2. The van der Waals surface area contributed by atoms with E-state index in [4.69, 9.17) is 9.47 Å². The van der Waals surface area contributed by atoms with Crippen molar-refractivity contribution in [3.05, 3.63) is 61.6 Å². The number of nitrogens with zero attached hydrogens (tertiary/aromatic N) is 1. The summed E-state index contributed by atoms with van der Waals surface area (Å²) in [7, 11) is 2.66. The van der Waals surface area contributed by atoms with Crippen molar-refractivity contribution < 1.29 is 28.7 Å². The molecule has 0 saturated heterocycles. The molecule has 2 atom stereocenters. The second-order valence-corrected chi connectivity index (χ2v) is 13.0. The highest BCUT2D eigenvalue weighted by molar-refractivity contribution is 7.17. The molecule has 3 aromatic heterocycles. The van der Waals surface area contributed by atoms with Gasteiger partial charge in [-0.3, -0.25) is 9.59 Å². The fraction of sp³-hybridized carbons (Fsp3) is 0.452. The number of carbonyl (C=O) groups is 4. The van der Waals surface area contributed by atoms with Gasteiger partial charge in [-0.05, 0) is 73.6 Å². The minimum absolute atomic E-state index is 0.0284. The van der Waals surface area contributed by atoms with Crippen molar-refractivity contribution in [2.45, 2.75) is 65.2 Å². The quantitative estimate of drug-likeness (QED) is 0.287. The summed E-state index contributed by atoms with van der Waals surface area (Å²) in [5.41, 5.74) is 2.74. The van der Waals surface area contributed by atoms with Gasteiger partial charge in [-0.1, -0.05) is 32.8 Å². The molecule has 0 spiro atoms. The lowest BCUT2D eigenvalue weighted by Gasteiger charge is -2.20. The number of hydrogen-bond donors (Lipinski definition) is 2. The maximum atomic E-state index is 13.3. The number of ether oxygens (including phenoxy) is 2. The number of nitrogens with one attached hydrogen (secondary N) is 2. The van der Waals surface area contributed by atoms with Crippen molar-refractivity contribution in [1.82, 2.24) is 4.98 Å². The van der Waals surface area contributed by atoms with E-state index in [2.05, 4.69) is 29.5 Å². The molecule has 2 amide bonds. The van der Waals surface area contributed by atoms with Crippen LogP contribution in [0.1, 0.15) is 102 Å². The Hall–Kier alpha value is -3.57. The van der Waals surface area contributed by atoms with E-state index in [-0.39, 0.29) is 11.4 Å². The first kappa shape index (κ1) is 29.9. The SMILES string of the molecule is CCC1CCc2c(sc(NC(=O)c3cccc(C(=O)Nc4sc5c(c4C(=O)OC)CCC(CC)C5)n3)c2C(=O)OC)C1. The van der Waals surface area contributed by atoms with E-state index in [0.717, 1.165) is 72.2 Å². The Morgan fingerprint density at radius 3 is 1.60 bits per heavy atom. The van der Waals surface area contributed by atoms with Gasteiger partial charge in [-0.2, -0.15) is 0 Å². The van der Waals surface area contributed by atoms with Gasteiger partial charge in [-0.15, -0.1) is 22.7 Å². The normalized spacial score (nSPS) is 17.5. The number of pyridine rings is 1. The van der Waals surface area contributed by atoms with Crippen LogP contribution in [0.5, 0.6) is 0 Å². The Balaban J connectivity index is 1.37. The molecule has 222 valence electrons. The van der Waals surface area contributed by atoms with Gasteiger partial charge in [-0.25, -0.2) is 14.6 Å². The van der Waals surface area contributed by atoms with Crippen LogP contribution in [0.4, 0.5) is 10.0 Å². The molecule has 3 aromatic rings. The highest BCUT2D eigenvalue weighted by atomic mass is 32.1. The van der Waals surface area contributed by atoms with Crippen LogP contribution in [0.3, 0.4) is 0 Å². The van der Waals surface area contributed by atoms with E-state index in [1.165, 1.54) is 49.0 Å². The van der Waals surface area contributed by atoms with E-state index in [0.29, 0.717) is 33.0 Å². The average Bonchev–Trinajstić information content (AvgIpc) is 3.56. The van der Waals surface area contributed by atoms with Gasteiger partial charge in [0.15, 0.2) is 0 Å². The second kappa shape index (κ2) is 12.7. The van der Waals surface area contributed by atoms with Crippen molar-refractivity contribution in [2.75, 3.05) is 24.9 Å². The minimum Gasteiger partial charge on any atom is -0.465 e. The molecule has 42 heavy (non-hydrogen) atoms. The third-order valence-electron chi connectivity index (χ3n) is 8.34. The zero-order valence-corrected chi connectivity index (χ0v) is 25.9. The summed E-state index contributed by atoms with van der Waals surface area (Å²) in [6.45, 7) is 4.32. The Morgan fingerprint density at radius 1 is 0.786 bits per heavy atom. The molecule has 0 radical (unpaired) electrons. The highest BCUT2D eigenvalue weighted by Crippen LogP contribution is 2.42. The summed E-state index contributed by atoms with van der Waals surface area (Å²) in [5.74, 6) is -0.943. The number of esters is 2. The third kappa shape index (κ3) is 5.85. The van der Waals surface area contributed by atoms with Crippen molar-refractivity contribution in [2.24, 2.45) is 11.8 Å². The molecule has 0 bridgehead atoms. The van der Waals surface area contributed by atoms with Crippen LogP contribution in [0.15, 0.2) is 18.2 Å². The van der Waals surface area contributed by atoms with Crippen LogP contribution in [0, 0.1) is 11.8 Å². The number of anilines is 2. The first-order valence-electron chi connectivity index (χ1n) is 14.3. The van der Waals surface area contributed by atoms with Crippen molar-refractivity contribution in [3.8, 4) is 0 Å². The van der Waals surface area contributed by atoms with Gasteiger partial charge in [0.05, 0.1) is 25.3 Å². The molecule has 2 unspecified atom stereocenters. The number of carbonyl (C=O) groups excluding carboxylic acids is 4. The van der Waals surface area contributed by atoms with Crippen molar-refractivity contribution in [1.29, 1.82) is 0 Å². The van der Waals surface area contributed by atoms with Crippen LogP contribution < -0.4 is 10.6 Å². The molecular formula is C31H35N3O6S2. The molecule has 2 aliphatic carbocycles. The van der Waals surface area contributed by atoms with E-state index in [9.17, 15) is 19.2 Å². The van der Waals surface area contributed by atoms with Crippen molar-refractivity contribution >= 4 is 56.4 Å². The van der Waals surface area contributed by atoms with E-state index < -0.39 is 23.8 Å². The second-order valence-electron chi connectivity index (χ2n) is 10.7. The highest BCUT2D eigenvalue weighted by Gasteiger charge is 2.31. The zero-order chi connectivity index (χ0) is 30.0. The smallest absolute Gasteiger partial charge is 0.341 e. The topological polar surface area (TPSA) is 124 Å². The molecule has 0 aliphatic heterocycles. The molecule has 5 rings (SSSR count). The number of amides is 2. The predicted octanol–water partition coefficient (Wildman–Crippen LogP) is 6.31. The largest absolute Gasteiger partial charge is 0.465 e. The summed E-state index contributed by atoms with van der Waals surface area (Å²) in [6.07, 6.45) is 7.33. The first-order chi connectivity index (χ1) is 20.3. The first-order valence-corrected chi connectivity index (χ1v) is 16.0. The Bertz CT molecular complexity index is 1430. The lowest BCUT2D eigenvalue weighted by Crippen LogP contribution is -2.20. The molecular weight excluding hydrogens is 574 g/mol. The minimum atomic E-state index is -0.534. The van der Waals surface area contributed by atoms with Gasteiger partial charge >= 0.3 is 11.9 Å². The van der Waals surface area contributed by atoms with Gasteiger partial charge in [0.1, 0.15) is 21.4 Å². The predicted molar refractivity (Wildman–Crippen MR) is 163 cm³/mol. The number of fused-ring (bicyclic) bond motifs is 2. The molecule has 2 N–H and O–H groups in total. The monoisotopic (exact) mass is 609 g/mol. The summed E-state index contributed by atoms with van der Waals surface area (Å²) in [6, 6.07) is 4.61. The number of aromatic nitrogens is 1. The molecule has 2 aliphatic rings. The summed E-state index contributed by atoms with van der Waals surface area (Å²) in [4.78, 5) is 58.5. The van der Waals surface area contributed by atoms with Gasteiger partial charge in [0, 0.05) is 9.75 Å². The van der Waals surface area contributed by atoms with Crippen LogP contribution in [-0.4, -0.2) is 43.0 Å². The van der Waals surface area contributed by atoms with E-state index in [1.807, 2.05) is 0 Å². The van der Waals surface area contributed by atoms with Crippen LogP contribution in [0.2, 0.25) is 0 Å². The fourth-order valence-corrected chi connectivity index (χ4v) is 8.53. The lowest BCUT2D eigenvalue weighted by atomic mass is 9.85. The van der Waals surface area contributed by atoms with Crippen molar-refractivity contribution in [3.63, 3.8) is 0 Å². The summed E-state index contributed by atoms with van der Waals surface area (Å²) < 4.78 is 10.1. The van der Waals surface area contributed by atoms with E-state index >= 15 is 0 Å². The Morgan fingerprint density at radius 2 is 1.21 bits per heavy atom. The lowest BCUT2D eigenvalue weighted by molar-refractivity contribution is 0.0591. The molecule has 0 saturated carbocycles. The molecule has 9 nitrogen and oxygen atoms in total. The summed E-state index contributed by atoms with van der Waals surface area (Å²) in [5, 5.41) is 6.56. The van der Waals surface area contributed by atoms with E-state index in [1.54, 1.807) is 6.07 Å². The number of thiophene rings is 2. The average molecular weight is 610 g/mol. The van der Waals surface area contributed by atoms with Gasteiger partial charge < -0.3 is 20.1 Å². The Labute approximate surface area is 253 Å². The zero-order valence-electron chi connectivity index (χ0n) is 24.3. The maximum absolute atomic E-state index is 13.3. The maximum Gasteiger partial charge on any atom is 0.341 e. The molecule has 3 heterocycles. The van der Waals surface area contributed by atoms with Crippen LogP contribution in [-0.2, 0) is 35.2 Å². The Kier molecular flexibility index (Phi) is 9.08. The molecule has 11 heteroatoms. The molecule has 0 aromatic carbocycles. The molecule has 0 fully saturated rings.